The van der Waals surface area contributed by atoms with Gasteiger partial charge in [0.2, 0.25) is 0 Å². The zero-order chi connectivity index (χ0) is 22.0. The summed E-state index contributed by atoms with van der Waals surface area (Å²) in [5, 5.41) is 1.50. The van der Waals surface area contributed by atoms with Crippen LogP contribution in [0.3, 0.4) is 0 Å². The lowest BCUT2D eigenvalue weighted by atomic mass is 10.0. The van der Waals surface area contributed by atoms with E-state index in [1.807, 2.05) is 0 Å². The Morgan fingerprint density at radius 1 is 1.25 bits per heavy atom. The molecule has 1 aliphatic heterocycles. The third-order valence-electron chi connectivity index (χ3n) is 6.57. The van der Waals surface area contributed by atoms with E-state index in [0.29, 0.717) is 34.7 Å². The number of ether oxygens (including phenoxy) is 1. The number of nitrogens with two attached hydrogens (primary N) is 1. The fraction of sp³-hybridized carbons (Fsp3) is 0.304. The quantitative estimate of drug-likeness (QED) is 0.507. The lowest BCUT2D eigenvalue weighted by Crippen LogP contribution is -2.41. The van der Waals surface area contributed by atoms with Gasteiger partial charge < -0.3 is 20.4 Å². The first-order chi connectivity index (χ1) is 15.5. The highest BCUT2D eigenvalue weighted by molar-refractivity contribution is 6.13. The van der Waals surface area contributed by atoms with Crippen LogP contribution in [-0.4, -0.2) is 43.5 Å². The first kappa shape index (κ1) is 19.1. The maximum atomic E-state index is 14.4. The molecular formula is C23H22FN7O. The summed E-state index contributed by atoms with van der Waals surface area (Å²) >= 11 is 0. The Labute approximate surface area is 183 Å². The van der Waals surface area contributed by atoms with Crippen LogP contribution in [-0.2, 0) is 0 Å². The van der Waals surface area contributed by atoms with Crippen molar-refractivity contribution in [1.29, 1.82) is 0 Å². The number of aromatic amines is 1. The Morgan fingerprint density at radius 3 is 2.75 bits per heavy atom. The summed E-state index contributed by atoms with van der Waals surface area (Å²) in [7, 11) is 0. The average molecular weight is 431 g/mol. The number of nitrogens with one attached hydrogen (secondary N) is 1. The molecule has 3 atom stereocenters. The van der Waals surface area contributed by atoms with Crippen LogP contribution < -0.4 is 15.4 Å². The lowest BCUT2D eigenvalue weighted by Gasteiger charge is -2.31. The number of anilines is 1. The second kappa shape index (κ2) is 6.96. The maximum Gasteiger partial charge on any atom is 0.326 e. The van der Waals surface area contributed by atoms with E-state index in [2.05, 4.69) is 31.4 Å². The monoisotopic (exact) mass is 431 g/mol. The van der Waals surface area contributed by atoms with E-state index in [4.69, 9.17) is 15.5 Å². The molecule has 8 nitrogen and oxygen atoms in total. The predicted molar refractivity (Wildman–Crippen MR) is 120 cm³/mol. The van der Waals surface area contributed by atoms with Crippen molar-refractivity contribution >= 4 is 33.8 Å². The van der Waals surface area contributed by atoms with Gasteiger partial charge in [-0.05, 0) is 37.8 Å². The van der Waals surface area contributed by atoms with E-state index < -0.39 is 0 Å². The van der Waals surface area contributed by atoms with Crippen molar-refractivity contribution in [3.8, 4) is 11.8 Å². The third kappa shape index (κ3) is 2.92. The van der Waals surface area contributed by atoms with Crippen LogP contribution in [0.5, 0.6) is 11.8 Å². The largest absolute Gasteiger partial charge is 0.421 e. The molecule has 0 radical (unpaired) electrons. The molecular weight excluding hydrogens is 409 g/mol. The number of hydrogen-bond donors (Lipinski definition) is 2. The molecule has 1 aromatic carbocycles. The summed E-state index contributed by atoms with van der Waals surface area (Å²) < 4.78 is 20.3. The number of benzene rings is 1. The second-order valence-corrected chi connectivity index (χ2v) is 8.57. The van der Waals surface area contributed by atoms with Crippen LogP contribution in [0.2, 0.25) is 0 Å². The predicted octanol–water partition coefficient (Wildman–Crippen LogP) is 3.71. The van der Waals surface area contributed by atoms with Crippen molar-refractivity contribution in [2.75, 3.05) is 11.4 Å². The first-order valence-electron chi connectivity index (χ1n) is 10.6. The van der Waals surface area contributed by atoms with E-state index in [9.17, 15) is 4.39 Å². The van der Waals surface area contributed by atoms with Crippen LogP contribution in [0, 0.1) is 18.7 Å². The molecule has 32 heavy (non-hydrogen) atoms. The third-order valence-corrected chi connectivity index (χ3v) is 6.57. The molecule has 2 bridgehead atoms. The van der Waals surface area contributed by atoms with Crippen molar-refractivity contribution in [2.45, 2.75) is 31.8 Å². The number of hydrogen-bond acceptors (Lipinski definition) is 7. The Hall–Kier alpha value is -3.59. The molecule has 9 heteroatoms. The smallest absolute Gasteiger partial charge is 0.326 e. The van der Waals surface area contributed by atoms with Gasteiger partial charge in [0.15, 0.2) is 5.75 Å². The molecule has 0 spiro atoms. The normalized spacial score (nSPS) is 22.2. The molecule has 1 aliphatic carbocycles. The molecule has 1 saturated heterocycles. The Bertz CT molecular complexity index is 1360. The van der Waals surface area contributed by atoms with Gasteiger partial charge in [0.25, 0.3) is 0 Å². The molecule has 0 amide bonds. The van der Waals surface area contributed by atoms with Crippen molar-refractivity contribution in [3.05, 3.63) is 48.3 Å². The number of fused-ring (bicyclic) bond motifs is 5. The Kier molecular flexibility index (Phi) is 4.16. The van der Waals surface area contributed by atoms with Gasteiger partial charge in [-0.25, -0.2) is 14.4 Å². The van der Waals surface area contributed by atoms with Gasteiger partial charge in [0, 0.05) is 29.6 Å². The van der Waals surface area contributed by atoms with E-state index in [1.165, 1.54) is 12.1 Å². The van der Waals surface area contributed by atoms with Gasteiger partial charge in [-0.1, -0.05) is 12.7 Å². The van der Waals surface area contributed by atoms with Crippen molar-refractivity contribution in [1.82, 2.24) is 24.9 Å². The minimum atomic E-state index is -0.332. The van der Waals surface area contributed by atoms with Crippen LogP contribution in [0.1, 0.15) is 24.2 Å². The summed E-state index contributed by atoms with van der Waals surface area (Å²) in [6, 6.07) is 3.65. The first-order valence-corrected chi connectivity index (χ1v) is 10.6. The Balaban J connectivity index is 1.56. The highest BCUT2D eigenvalue weighted by atomic mass is 19.1. The summed E-state index contributed by atoms with van der Waals surface area (Å²) in [6.45, 7) is 6.44. The molecule has 4 aromatic rings. The number of halogens is 1. The number of nitrogens with zero attached hydrogens (tertiary/aromatic N) is 5. The molecule has 4 heterocycles. The average Bonchev–Trinajstić information content (AvgIpc) is 3.46. The van der Waals surface area contributed by atoms with Gasteiger partial charge in [0.05, 0.1) is 23.3 Å². The van der Waals surface area contributed by atoms with E-state index in [-0.39, 0.29) is 17.9 Å². The summed E-state index contributed by atoms with van der Waals surface area (Å²) in [5.74, 6) is 1.91. The van der Waals surface area contributed by atoms with E-state index in [0.717, 1.165) is 41.5 Å². The highest BCUT2D eigenvalue weighted by Gasteiger charge is 2.44. The lowest BCUT2D eigenvalue weighted by molar-refractivity contribution is 0.435. The SMILES string of the molecule is C=Cc1cc(F)cc2c1[nH]c1nc(Oc3cnc(C)nc3)nc(N3C[C@H]4C[C@@H]3C[C@H]4N)c12. The van der Waals surface area contributed by atoms with Crippen LogP contribution >= 0.6 is 0 Å². The van der Waals surface area contributed by atoms with Crippen LogP contribution in [0.4, 0.5) is 10.2 Å². The van der Waals surface area contributed by atoms with Crippen molar-refractivity contribution in [2.24, 2.45) is 11.7 Å². The van der Waals surface area contributed by atoms with Gasteiger partial charge in [-0.2, -0.15) is 9.97 Å². The van der Waals surface area contributed by atoms with E-state index >= 15 is 0 Å². The summed E-state index contributed by atoms with van der Waals surface area (Å²) in [6.07, 6.45) is 6.74. The van der Waals surface area contributed by atoms with Gasteiger partial charge in [-0.3, -0.25) is 0 Å². The van der Waals surface area contributed by atoms with Crippen molar-refractivity contribution < 1.29 is 9.13 Å². The molecule has 162 valence electrons. The van der Waals surface area contributed by atoms with Gasteiger partial charge in [0.1, 0.15) is 23.1 Å². The molecule has 0 unspecified atom stereocenters. The number of aryl methyl sites for hydroxylation is 1. The minimum Gasteiger partial charge on any atom is -0.421 e. The Morgan fingerprint density at radius 2 is 2.06 bits per heavy atom. The molecule has 2 fully saturated rings. The number of aromatic nitrogens is 5. The fourth-order valence-electron chi connectivity index (χ4n) is 5.06. The summed E-state index contributed by atoms with van der Waals surface area (Å²) in [4.78, 5) is 23.3. The topological polar surface area (TPSA) is 106 Å². The van der Waals surface area contributed by atoms with Crippen LogP contribution in [0.15, 0.2) is 31.1 Å². The molecule has 3 N–H and O–H groups in total. The maximum absolute atomic E-state index is 14.4. The molecule has 2 aliphatic rings. The van der Waals surface area contributed by atoms with E-state index in [1.54, 1.807) is 25.4 Å². The summed E-state index contributed by atoms with van der Waals surface area (Å²) in [5.41, 5.74) is 8.30. The molecule has 6 rings (SSSR count). The minimum absolute atomic E-state index is 0.180. The number of piperidine rings is 1. The van der Waals surface area contributed by atoms with Gasteiger partial charge in [-0.15, -0.1) is 0 Å². The fourth-order valence-corrected chi connectivity index (χ4v) is 5.06. The standard InChI is InChI=1S/C23H22FN7O/c1-3-12-4-14(24)6-17-19-21(28-20(12)17)29-23(32-16-8-26-11(2)27-9-16)30-22(19)31-10-13-5-15(31)7-18(13)25/h3-4,6,8-9,13,15,18H,1,5,7,10,25H2,2H3,(H,28,29,30)/t13-,15-,18-/m1/s1. The van der Waals surface area contributed by atoms with Crippen molar-refractivity contribution in [3.63, 3.8) is 0 Å². The molecule has 1 saturated carbocycles. The zero-order valence-electron chi connectivity index (χ0n) is 17.5. The van der Waals surface area contributed by atoms with Crippen LogP contribution in [0.25, 0.3) is 28.0 Å². The van der Waals surface area contributed by atoms with Gasteiger partial charge >= 0.3 is 6.01 Å². The number of rotatable bonds is 4. The molecule has 3 aromatic heterocycles. The zero-order valence-corrected chi connectivity index (χ0v) is 17.5. The highest BCUT2D eigenvalue weighted by Crippen LogP contribution is 2.43. The second-order valence-electron chi connectivity index (χ2n) is 8.57. The number of H-pyrrole nitrogens is 1.